The standard InChI is InChI=1S/C13H24N2O4/c1-13(2,3)15(12(18)19)9(10(16)11(14)17)7-8-5-4-6-8/h8-10,16H,4-7H2,1-3H3,(H2,14,17)(H,18,19)/t9-,10+/m0/s1. The summed E-state index contributed by atoms with van der Waals surface area (Å²) in [7, 11) is 0. The summed E-state index contributed by atoms with van der Waals surface area (Å²) in [6, 6.07) is -0.778. The van der Waals surface area contributed by atoms with Crippen LogP contribution in [0.25, 0.3) is 0 Å². The lowest BCUT2D eigenvalue weighted by Gasteiger charge is -2.43. The predicted molar refractivity (Wildman–Crippen MR) is 70.6 cm³/mol. The van der Waals surface area contributed by atoms with Gasteiger partial charge in [-0.2, -0.15) is 0 Å². The summed E-state index contributed by atoms with van der Waals surface area (Å²) in [6.45, 7) is 5.22. The number of hydrogen-bond acceptors (Lipinski definition) is 3. The molecule has 0 aromatic rings. The van der Waals surface area contributed by atoms with Gasteiger partial charge in [-0.1, -0.05) is 19.3 Å². The Morgan fingerprint density at radius 3 is 2.16 bits per heavy atom. The van der Waals surface area contributed by atoms with Gasteiger partial charge in [0.25, 0.3) is 0 Å². The molecule has 0 aromatic heterocycles. The maximum atomic E-state index is 11.5. The molecule has 19 heavy (non-hydrogen) atoms. The molecule has 0 aliphatic heterocycles. The fraction of sp³-hybridized carbons (Fsp3) is 0.846. The van der Waals surface area contributed by atoms with E-state index in [0.29, 0.717) is 12.3 Å². The zero-order valence-corrected chi connectivity index (χ0v) is 11.8. The number of rotatable bonds is 5. The minimum Gasteiger partial charge on any atom is -0.465 e. The molecule has 0 heterocycles. The first-order valence-electron chi connectivity index (χ1n) is 6.64. The average molecular weight is 272 g/mol. The van der Waals surface area contributed by atoms with Gasteiger partial charge in [0.05, 0.1) is 6.04 Å². The molecule has 1 rings (SSSR count). The molecule has 2 amide bonds. The number of amides is 2. The number of primary amides is 1. The largest absolute Gasteiger partial charge is 0.465 e. The summed E-state index contributed by atoms with van der Waals surface area (Å²) in [6.07, 6.45) is 1.02. The van der Waals surface area contributed by atoms with Gasteiger partial charge in [-0.25, -0.2) is 4.79 Å². The van der Waals surface area contributed by atoms with Crippen molar-refractivity contribution in [3.05, 3.63) is 0 Å². The van der Waals surface area contributed by atoms with Gasteiger partial charge in [0.2, 0.25) is 5.91 Å². The van der Waals surface area contributed by atoms with Crippen LogP contribution in [-0.4, -0.2) is 44.8 Å². The lowest BCUT2D eigenvalue weighted by atomic mass is 9.79. The summed E-state index contributed by atoms with van der Waals surface area (Å²) in [5.74, 6) is -0.511. The normalized spacial score (nSPS) is 19.4. The van der Waals surface area contributed by atoms with Crippen LogP contribution in [0.2, 0.25) is 0 Å². The summed E-state index contributed by atoms with van der Waals surface area (Å²) in [5.41, 5.74) is 4.45. The first-order chi connectivity index (χ1) is 8.64. The van der Waals surface area contributed by atoms with Crippen molar-refractivity contribution in [3.8, 4) is 0 Å². The maximum Gasteiger partial charge on any atom is 0.408 e. The maximum absolute atomic E-state index is 11.5. The van der Waals surface area contributed by atoms with Crippen molar-refractivity contribution >= 4 is 12.0 Å². The van der Waals surface area contributed by atoms with Gasteiger partial charge in [-0.15, -0.1) is 0 Å². The molecule has 6 heteroatoms. The van der Waals surface area contributed by atoms with Gasteiger partial charge in [0.15, 0.2) is 6.10 Å². The molecule has 0 bridgehead atoms. The summed E-state index contributed by atoms with van der Waals surface area (Å²) >= 11 is 0. The highest BCUT2D eigenvalue weighted by Gasteiger charge is 2.41. The molecule has 1 fully saturated rings. The second-order valence-electron chi connectivity index (χ2n) is 6.27. The Hall–Kier alpha value is -1.30. The number of nitrogens with two attached hydrogens (primary N) is 1. The first-order valence-corrected chi connectivity index (χ1v) is 6.64. The molecule has 0 saturated heterocycles. The molecule has 1 aliphatic carbocycles. The second kappa shape index (κ2) is 5.77. The zero-order chi connectivity index (χ0) is 14.8. The quantitative estimate of drug-likeness (QED) is 0.698. The van der Waals surface area contributed by atoms with Gasteiger partial charge in [0.1, 0.15) is 0 Å². The van der Waals surface area contributed by atoms with Crippen LogP contribution in [0.1, 0.15) is 46.5 Å². The Labute approximate surface area is 113 Å². The number of aliphatic hydroxyl groups excluding tert-OH is 1. The third kappa shape index (κ3) is 3.83. The molecular formula is C13H24N2O4. The number of hydrogen-bond donors (Lipinski definition) is 3. The Kier molecular flexibility index (Phi) is 4.79. The molecule has 6 nitrogen and oxygen atoms in total. The highest BCUT2D eigenvalue weighted by molar-refractivity contribution is 5.80. The Balaban J connectivity index is 2.96. The highest BCUT2D eigenvalue weighted by atomic mass is 16.4. The fourth-order valence-electron chi connectivity index (χ4n) is 2.56. The Morgan fingerprint density at radius 2 is 1.89 bits per heavy atom. The summed E-state index contributed by atoms with van der Waals surface area (Å²) in [4.78, 5) is 23.9. The highest BCUT2D eigenvalue weighted by Crippen LogP contribution is 2.34. The van der Waals surface area contributed by atoms with E-state index in [2.05, 4.69) is 0 Å². The van der Waals surface area contributed by atoms with E-state index >= 15 is 0 Å². The van der Waals surface area contributed by atoms with E-state index < -0.39 is 29.7 Å². The van der Waals surface area contributed by atoms with E-state index in [-0.39, 0.29) is 0 Å². The number of nitrogens with zero attached hydrogens (tertiary/aromatic N) is 1. The van der Waals surface area contributed by atoms with Crippen LogP contribution in [0.15, 0.2) is 0 Å². The van der Waals surface area contributed by atoms with Gasteiger partial charge < -0.3 is 15.9 Å². The second-order valence-corrected chi connectivity index (χ2v) is 6.27. The molecule has 4 N–H and O–H groups in total. The number of aliphatic hydroxyl groups is 1. The van der Waals surface area contributed by atoms with Gasteiger partial charge in [0, 0.05) is 5.54 Å². The van der Waals surface area contributed by atoms with E-state index in [1.165, 1.54) is 0 Å². The van der Waals surface area contributed by atoms with Crippen LogP contribution >= 0.6 is 0 Å². The topological polar surface area (TPSA) is 104 Å². The summed E-state index contributed by atoms with van der Waals surface area (Å²) in [5, 5.41) is 19.3. The smallest absolute Gasteiger partial charge is 0.408 e. The lowest BCUT2D eigenvalue weighted by molar-refractivity contribution is -0.131. The zero-order valence-electron chi connectivity index (χ0n) is 11.8. The summed E-state index contributed by atoms with van der Waals surface area (Å²) < 4.78 is 0. The van der Waals surface area contributed by atoms with Crippen LogP contribution in [0.3, 0.4) is 0 Å². The number of carbonyl (C=O) groups excluding carboxylic acids is 1. The van der Waals surface area contributed by atoms with Crippen LogP contribution in [-0.2, 0) is 4.79 Å². The molecule has 1 saturated carbocycles. The van der Waals surface area contributed by atoms with Crippen molar-refractivity contribution in [2.24, 2.45) is 11.7 Å². The van der Waals surface area contributed by atoms with E-state index in [1.54, 1.807) is 20.8 Å². The van der Waals surface area contributed by atoms with Crippen LogP contribution in [0.5, 0.6) is 0 Å². The van der Waals surface area contributed by atoms with Crippen LogP contribution < -0.4 is 5.73 Å². The number of carbonyl (C=O) groups is 2. The minimum absolute atomic E-state index is 0.364. The van der Waals surface area contributed by atoms with Gasteiger partial charge >= 0.3 is 6.09 Å². The van der Waals surface area contributed by atoms with Crippen molar-refractivity contribution in [1.29, 1.82) is 0 Å². The van der Waals surface area contributed by atoms with Crippen molar-refractivity contribution in [3.63, 3.8) is 0 Å². The van der Waals surface area contributed by atoms with Crippen LogP contribution in [0.4, 0.5) is 4.79 Å². The predicted octanol–water partition coefficient (Wildman–Crippen LogP) is 1.17. The molecular weight excluding hydrogens is 248 g/mol. The Morgan fingerprint density at radius 1 is 1.37 bits per heavy atom. The molecule has 0 radical (unpaired) electrons. The molecule has 1 aliphatic rings. The van der Waals surface area contributed by atoms with Crippen molar-refractivity contribution in [2.75, 3.05) is 0 Å². The van der Waals surface area contributed by atoms with Crippen molar-refractivity contribution in [2.45, 2.75) is 64.1 Å². The molecule has 110 valence electrons. The lowest BCUT2D eigenvalue weighted by Crippen LogP contribution is -2.58. The van der Waals surface area contributed by atoms with E-state index in [9.17, 15) is 19.8 Å². The fourth-order valence-corrected chi connectivity index (χ4v) is 2.56. The number of carboxylic acid groups (broad SMARTS) is 1. The van der Waals surface area contributed by atoms with Gasteiger partial charge in [-0.05, 0) is 33.1 Å². The van der Waals surface area contributed by atoms with Crippen LogP contribution in [0, 0.1) is 5.92 Å². The average Bonchev–Trinajstić information content (AvgIpc) is 2.17. The third-order valence-electron chi connectivity index (χ3n) is 3.72. The van der Waals surface area contributed by atoms with E-state index in [1.807, 2.05) is 0 Å². The first kappa shape index (κ1) is 15.8. The van der Waals surface area contributed by atoms with E-state index in [0.717, 1.165) is 24.2 Å². The third-order valence-corrected chi connectivity index (χ3v) is 3.72. The minimum atomic E-state index is -1.46. The molecule has 0 spiro atoms. The van der Waals surface area contributed by atoms with Crippen molar-refractivity contribution < 1.29 is 19.8 Å². The van der Waals surface area contributed by atoms with E-state index in [4.69, 9.17) is 5.73 Å². The molecule has 2 atom stereocenters. The van der Waals surface area contributed by atoms with Crippen molar-refractivity contribution in [1.82, 2.24) is 4.90 Å². The molecule has 0 aromatic carbocycles. The SMILES string of the molecule is CC(C)(C)N(C(=O)O)[C@@H](CC1CCC1)[C@@H](O)C(N)=O. The molecule has 0 unspecified atom stereocenters. The Bertz CT molecular complexity index is 347. The monoisotopic (exact) mass is 272 g/mol. The van der Waals surface area contributed by atoms with Gasteiger partial charge in [-0.3, -0.25) is 9.69 Å².